The van der Waals surface area contributed by atoms with Crippen LogP contribution in [0.5, 0.6) is 0 Å². The molecule has 2 aliphatic heterocycles. The first-order valence-electron chi connectivity index (χ1n) is 14.0. The largest absolute Gasteiger partial charge is 0.472 e. The molecule has 11 atom stereocenters. The van der Waals surface area contributed by atoms with Gasteiger partial charge in [-0.05, 0) is 5.92 Å². The van der Waals surface area contributed by atoms with Crippen LogP contribution in [0.25, 0.3) is 22.3 Å². The molecule has 47 heavy (non-hydrogen) atoms. The number of rotatable bonds is 2. The number of nitrogens with zero attached hydrogens (tertiary/aromatic N) is 7. The fraction of sp³-hybridized carbons (Fsp3) is 0.565. The molecule has 0 radical (unpaired) electrons. The van der Waals surface area contributed by atoms with E-state index in [1.807, 2.05) is 0 Å². The van der Waals surface area contributed by atoms with E-state index in [0.717, 1.165) is 10.9 Å². The van der Waals surface area contributed by atoms with Gasteiger partial charge >= 0.3 is 15.6 Å². The van der Waals surface area contributed by atoms with E-state index < -0.39 is 88.6 Å². The summed E-state index contributed by atoms with van der Waals surface area (Å²) in [6.07, 6.45) is -6.97. The monoisotopic (exact) mass is 702 g/mol. The Morgan fingerprint density at radius 1 is 1.04 bits per heavy atom. The fourth-order valence-electron chi connectivity index (χ4n) is 6.45. The van der Waals surface area contributed by atoms with Gasteiger partial charge in [-0.2, -0.15) is 4.98 Å². The summed E-state index contributed by atoms with van der Waals surface area (Å²) in [6.45, 7) is 1.53. The van der Waals surface area contributed by atoms with Crippen molar-refractivity contribution in [1.29, 1.82) is 0 Å². The molecule has 8 N–H and O–H groups in total. The highest BCUT2D eigenvalue weighted by Crippen LogP contribution is 2.60. The minimum atomic E-state index is -5.18. The zero-order valence-electron chi connectivity index (χ0n) is 24.4. The van der Waals surface area contributed by atoms with Gasteiger partial charge in [-0.25, -0.2) is 33.5 Å². The number of H-pyrrole nitrogens is 1. The van der Waals surface area contributed by atoms with Gasteiger partial charge in [-0.15, -0.1) is 0 Å². The van der Waals surface area contributed by atoms with E-state index in [2.05, 4.69) is 29.9 Å². The lowest BCUT2D eigenvalue weighted by Crippen LogP contribution is -2.41. The normalized spacial score (nSPS) is 39.8. The third-order valence-electron chi connectivity index (χ3n) is 9.00. The Morgan fingerprint density at radius 2 is 1.74 bits per heavy atom. The molecule has 21 nitrogen and oxygen atoms in total. The van der Waals surface area contributed by atoms with Gasteiger partial charge in [-0.3, -0.25) is 32.4 Å². The number of ether oxygens (including phenoxy) is 1. The number of phosphoric ester groups is 2. The molecular formula is C23H29FN10O11P2. The van der Waals surface area contributed by atoms with Crippen molar-refractivity contribution in [1.82, 2.24) is 39.0 Å². The number of aromatic amines is 1. The van der Waals surface area contributed by atoms with Crippen molar-refractivity contribution >= 4 is 49.7 Å². The summed E-state index contributed by atoms with van der Waals surface area (Å²) in [6, 6.07) is -0.948. The number of nitrogens with two attached hydrogens (primary N) is 2. The van der Waals surface area contributed by atoms with E-state index in [-0.39, 0.29) is 34.1 Å². The molecule has 4 aromatic rings. The van der Waals surface area contributed by atoms with Gasteiger partial charge in [0.05, 0.1) is 31.9 Å². The molecular weight excluding hydrogens is 673 g/mol. The average Bonchev–Trinajstić information content (AvgIpc) is 3.73. The number of hydrogen-bond acceptors (Lipinski definition) is 16. The van der Waals surface area contributed by atoms with Crippen molar-refractivity contribution < 1.29 is 51.2 Å². The molecule has 0 aromatic carbocycles. The maximum Gasteiger partial charge on any atom is 0.472 e. The van der Waals surface area contributed by atoms with Gasteiger partial charge in [0.2, 0.25) is 5.95 Å². The lowest BCUT2D eigenvalue weighted by Gasteiger charge is -2.36. The van der Waals surface area contributed by atoms with E-state index >= 15 is 4.39 Å². The summed E-state index contributed by atoms with van der Waals surface area (Å²) in [7, 11) is -10.3. The molecule has 3 fully saturated rings. The summed E-state index contributed by atoms with van der Waals surface area (Å²) in [4.78, 5) is 56.5. The minimum absolute atomic E-state index is 0.0740. The maximum absolute atomic E-state index is 15.9. The second-order valence-corrected chi connectivity index (χ2v) is 14.6. The van der Waals surface area contributed by atoms with Crippen LogP contribution in [0.15, 0.2) is 23.8 Å². The molecule has 2 saturated heterocycles. The number of phosphoric acid groups is 2. The van der Waals surface area contributed by atoms with Gasteiger partial charge < -0.3 is 35.7 Å². The first-order chi connectivity index (χ1) is 22.1. The van der Waals surface area contributed by atoms with Crippen molar-refractivity contribution in [2.75, 3.05) is 24.7 Å². The van der Waals surface area contributed by atoms with Crippen LogP contribution in [0.4, 0.5) is 16.2 Å². The van der Waals surface area contributed by atoms with E-state index in [0.29, 0.717) is 0 Å². The molecule has 0 spiro atoms. The van der Waals surface area contributed by atoms with Crippen LogP contribution in [-0.2, 0) is 32.0 Å². The summed E-state index contributed by atoms with van der Waals surface area (Å²) >= 11 is 0. The van der Waals surface area contributed by atoms with Crippen LogP contribution < -0.4 is 17.0 Å². The van der Waals surface area contributed by atoms with Gasteiger partial charge in [0, 0.05) is 5.41 Å². The van der Waals surface area contributed by atoms with Crippen molar-refractivity contribution in [2.45, 2.75) is 56.7 Å². The van der Waals surface area contributed by atoms with Crippen LogP contribution in [-0.4, -0.2) is 97.7 Å². The van der Waals surface area contributed by atoms with Gasteiger partial charge in [0.25, 0.3) is 5.56 Å². The number of aromatic nitrogens is 8. The highest BCUT2D eigenvalue weighted by Gasteiger charge is 2.61. The topological polar surface area (TPSA) is 300 Å². The number of anilines is 2. The number of alkyl halides is 1. The maximum atomic E-state index is 15.9. The first kappa shape index (κ1) is 32.1. The number of imidazole rings is 2. The van der Waals surface area contributed by atoms with Gasteiger partial charge in [0.1, 0.15) is 36.3 Å². The third kappa shape index (κ3) is 5.25. The van der Waals surface area contributed by atoms with E-state index in [1.54, 1.807) is 6.92 Å². The first-order valence-corrected chi connectivity index (χ1v) is 17.0. The number of aliphatic hydroxyl groups is 1. The second-order valence-electron chi connectivity index (χ2n) is 11.7. The number of nitrogens with one attached hydrogen (secondary N) is 1. The molecule has 4 aromatic heterocycles. The van der Waals surface area contributed by atoms with Crippen molar-refractivity contribution in [3.63, 3.8) is 0 Å². The molecule has 7 rings (SSSR count). The van der Waals surface area contributed by atoms with Crippen molar-refractivity contribution in [2.24, 2.45) is 11.3 Å². The Hall–Kier alpha value is -3.43. The molecule has 2 unspecified atom stereocenters. The Labute approximate surface area is 262 Å². The molecule has 6 heterocycles. The van der Waals surface area contributed by atoms with Crippen LogP contribution in [0, 0.1) is 11.3 Å². The number of aliphatic hydroxyl groups excluding tert-OH is 1. The van der Waals surface area contributed by atoms with Crippen LogP contribution in [0.1, 0.15) is 26.1 Å². The van der Waals surface area contributed by atoms with E-state index in [4.69, 9.17) is 34.3 Å². The lowest BCUT2D eigenvalue weighted by atomic mass is 9.79. The highest BCUT2D eigenvalue weighted by molar-refractivity contribution is 7.47. The zero-order chi connectivity index (χ0) is 33.6. The predicted molar refractivity (Wildman–Crippen MR) is 155 cm³/mol. The molecule has 0 amide bonds. The third-order valence-corrected chi connectivity index (χ3v) is 10.9. The SMILES string of the molecule is C[C@@H]1[C@@H](n2cnc3c(N)ncnc32)[C@H](O)[C@@H]2OP(=O)(O)OC[C@H]3O[C@@H](n4cnc5c(=O)[nH]c(N)nc54)[C@H](OP(=O)(O)OC[C@@]12C)[C@@H]3F. The molecule has 254 valence electrons. The summed E-state index contributed by atoms with van der Waals surface area (Å²) in [5.41, 5.74) is 9.48. The standard InChI is InChI=1S/C23H29FN10O11P2/c1-8-13(33-6-29-11-17(25)27-5-28-18(11)33)14(35)16-23(8,2)4-42-47(39,40)44-15-10(24)9(3-41-46(37,38)45-16)43-21(15)34-7-30-12-19(34)31-22(26)32-20(12)36/h5-10,13-16,21,35H,3-4H2,1-2H3,(H,37,38)(H,39,40)(H2,25,27,28)(H3,26,31,32,36)/t8-,9-,10-,13-,14+,15-,16+,21-,23+/m1/s1. The fourth-order valence-corrected chi connectivity index (χ4v) is 8.52. The number of hydrogen-bond donors (Lipinski definition) is 6. The lowest BCUT2D eigenvalue weighted by molar-refractivity contribution is -0.0739. The van der Waals surface area contributed by atoms with E-state index in [1.165, 1.54) is 24.1 Å². The average molecular weight is 702 g/mol. The Morgan fingerprint density at radius 3 is 2.51 bits per heavy atom. The highest BCUT2D eigenvalue weighted by atomic mass is 31.2. The second kappa shape index (κ2) is 11.1. The molecule has 24 heteroatoms. The number of nitrogen functional groups attached to an aromatic ring is 2. The molecule has 1 aliphatic carbocycles. The van der Waals surface area contributed by atoms with Crippen molar-refractivity contribution in [3.8, 4) is 0 Å². The van der Waals surface area contributed by atoms with Crippen LogP contribution >= 0.6 is 15.6 Å². The molecule has 2 bridgehead atoms. The predicted octanol–water partition coefficient (Wildman–Crippen LogP) is -0.0646. The Balaban J connectivity index is 1.25. The van der Waals surface area contributed by atoms with Crippen LogP contribution in [0.2, 0.25) is 0 Å². The van der Waals surface area contributed by atoms with Gasteiger partial charge in [-0.1, -0.05) is 13.8 Å². The summed E-state index contributed by atoms with van der Waals surface area (Å²) < 4.78 is 72.3. The summed E-state index contributed by atoms with van der Waals surface area (Å²) in [5.74, 6) is -0.971. The van der Waals surface area contributed by atoms with Crippen molar-refractivity contribution in [3.05, 3.63) is 29.3 Å². The smallest absolute Gasteiger partial charge is 0.388 e. The van der Waals surface area contributed by atoms with Gasteiger partial charge in [0.15, 0.2) is 35.0 Å². The molecule has 3 aliphatic rings. The zero-order valence-corrected chi connectivity index (χ0v) is 26.2. The van der Waals surface area contributed by atoms with E-state index in [9.17, 15) is 28.8 Å². The number of fused-ring (bicyclic) bond motifs is 5. The summed E-state index contributed by atoms with van der Waals surface area (Å²) in [5, 5.41) is 11.6. The Bertz CT molecular complexity index is 2030. The van der Waals surface area contributed by atoms with Crippen LogP contribution in [0.3, 0.4) is 0 Å². The number of halogens is 1. The molecule has 1 saturated carbocycles. The Kier molecular flexibility index (Phi) is 7.56. The minimum Gasteiger partial charge on any atom is -0.388 e. The quantitative estimate of drug-likeness (QED) is 0.149.